The van der Waals surface area contributed by atoms with E-state index in [9.17, 15) is 22.4 Å². The Morgan fingerprint density at radius 3 is 2.55 bits per heavy atom. The van der Waals surface area contributed by atoms with Gasteiger partial charge in [0.15, 0.2) is 11.6 Å². The van der Waals surface area contributed by atoms with E-state index < -0.39 is 17.6 Å². The predicted octanol–water partition coefficient (Wildman–Crippen LogP) is 3.02. The highest BCUT2D eigenvalue weighted by molar-refractivity contribution is 5.72. The molecule has 0 amide bonds. The van der Waals surface area contributed by atoms with Crippen LogP contribution in [0.1, 0.15) is 25.3 Å². The average molecular weight is 320 g/mol. The number of alkyl halides is 3. The van der Waals surface area contributed by atoms with Gasteiger partial charge in [0.05, 0.1) is 18.1 Å². The van der Waals surface area contributed by atoms with Gasteiger partial charge in [0.2, 0.25) is 0 Å². The summed E-state index contributed by atoms with van der Waals surface area (Å²) in [5.41, 5.74) is -1.12. The number of anilines is 1. The van der Waals surface area contributed by atoms with Crippen LogP contribution in [0.2, 0.25) is 0 Å². The van der Waals surface area contributed by atoms with Crippen molar-refractivity contribution in [3.63, 3.8) is 0 Å². The van der Waals surface area contributed by atoms with Crippen molar-refractivity contribution in [1.29, 1.82) is 0 Å². The molecular formula is C14H16F4N2O2. The van der Waals surface area contributed by atoms with Crippen molar-refractivity contribution in [3.05, 3.63) is 23.6 Å². The molecule has 1 fully saturated rings. The molecule has 22 heavy (non-hydrogen) atoms. The maximum Gasteiger partial charge on any atom is 0.417 e. The molecule has 0 radical (unpaired) electrons. The molecule has 8 heteroatoms. The number of hydrogen-bond donors (Lipinski definition) is 0. The number of hydrogen-bond acceptors (Lipinski definition) is 4. The lowest BCUT2D eigenvalue weighted by atomic mass is 9.97. The van der Waals surface area contributed by atoms with E-state index in [4.69, 9.17) is 4.74 Å². The number of esters is 1. The van der Waals surface area contributed by atoms with Gasteiger partial charge in [0.25, 0.3) is 0 Å². The number of halogens is 4. The van der Waals surface area contributed by atoms with Crippen molar-refractivity contribution < 1.29 is 27.1 Å². The first-order chi connectivity index (χ1) is 10.3. The first-order valence-electron chi connectivity index (χ1n) is 6.97. The number of carbonyl (C=O) groups excluding carboxylic acids is 1. The van der Waals surface area contributed by atoms with Crippen LogP contribution in [0.5, 0.6) is 0 Å². The van der Waals surface area contributed by atoms with Gasteiger partial charge in [-0.15, -0.1) is 0 Å². The normalized spacial score (nSPS) is 16.7. The molecule has 0 aliphatic carbocycles. The molecule has 0 aromatic carbocycles. The van der Waals surface area contributed by atoms with Crippen LogP contribution in [-0.4, -0.2) is 30.6 Å². The molecule has 4 nitrogen and oxygen atoms in total. The quantitative estimate of drug-likeness (QED) is 0.634. The van der Waals surface area contributed by atoms with Crippen molar-refractivity contribution in [2.24, 2.45) is 5.92 Å². The molecule has 1 saturated heterocycles. The van der Waals surface area contributed by atoms with Crippen LogP contribution in [-0.2, 0) is 15.7 Å². The fourth-order valence-corrected chi connectivity index (χ4v) is 2.41. The third kappa shape index (κ3) is 3.66. The van der Waals surface area contributed by atoms with Crippen molar-refractivity contribution in [2.45, 2.75) is 25.9 Å². The number of pyridine rings is 1. The third-order valence-corrected chi connectivity index (χ3v) is 3.56. The average Bonchev–Trinajstić information content (AvgIpc) is 2.46. The predicted molar refractivity (Wildman–Crippen MR) is 70.8 cm³/mol. The third-order valence-electron chi connectivity index (χ3n) is 3.56. The molecule has 0 bridgehead atoms. The maximum absolute atomic E-state index is 13.8. The number of carbonyl (C=O) groups is 1. The minimum absolute atomic E-state index is 0.115. The van der Waals surface area contributed by atoms with Gasteiger partial charge in [-0.25, -0.2) is 9.37 Å². The fourth-order valence-electron chi connectivity index (χ4n) is 2.41. The first-order valence-corrected chi connectivity index (χ1v) is 6.97. The van der Waals surface area contributed by atoms with Crippen molar-refractivity contribution in [2.75, 3.05) is 24.6 Å². The van der Waals surface area contributed by atoms with Crippen molar-refractivity contribution in [3.8, 4) is 0 Å². The van der Waals surface area contributed by atoms with Crippen LogP contribution in [0.4, 0.5) is 23.4 Å². The summed E-state index contributed by atoms with van der Waals surface area (Å²) in [5, 5.41) is 0. The second kappa shape index (κ2) is 6.50. The van der Waals surface area contributed by atoms with E-state index in [2.05, 4.69) is 4.98 Å². The molecule has 1 aliphatic heterocycles. The zero-order chi connectivity index (χ0) is 16.3. The second-order valence-electron chi connectivity index (χ2n) is 5.04. The Labute approximate surface area is 125 Å². The molecule has 2 heterocycles. The number of ether oxygens (including phenoxy) is 1. The van der Waals surface area contributed by atoms with Crippen LogP contribution in [0.25, 0.3) is 0 Å². The standard InChI is InChI=1S/C14H16F4N2O2/c1-2-22-13(21)9-3-5-20(6-4-9)12-11(15)7-10(8-19-12)14(16,17)18/h7-9H,2-6H2,1H3. The molecule has 0 unspecified atom stereocenters. The lowest BCUT2D eigenvalue weighted by Gasteiger charge is -2.31. The molecule has 122 valence electrons. The Morgan fingerprint density at radius 2 is 2.05 bits per heavy atom. The number of rotatable bonds is 3. The summed E-state index contributed by atoms with van der Waals surface area (Å²) in [6.07, 6.45) is -3.08. The largest absolute Gasteiger partial charge is 0.466 e. The summed E-state index contributed by atoms with van der Waals surface area (Å²) in [7, 11) is 0. The van der Waals surface area contributed by atoms with Crippen LogP contribution in [0.15, 0.2) is 12.3 Å². The molecule has 0 N–H and O–H groups in total. The lowest BCUT2D eigenvalue weighted by molar-refractivity contribution is -0.148. The van der Waals surface area contributed by atoms with Crippen molar-refractivity contribution >= 4 is 11.8 Å². The number of aromatic nitrogens is 1. The Balaban J connectivity index is 2.04. The van der Waals surface area contributed by atoms with Gasteiger partial charge < -0.3 is 9.64 Å². The van der Waals surface area contributed by atoms with Gasteiger partial charge in [-0.05, 0) is 25.8 Å². The Kier molecular flexibility index (Phi) is 4.87. The molecule has 1 aromatic heterocycles. The van der Waals surface area contributed by atoms with E-state index in [0.717, 1.165) is 0 Å². The zero-order valence-corrected chi connectivity index (χ0v) is 12.0. The SMILES string of the molecule is CCOC(=O)C1CCN(c2ncc(C(F)(F)F)cc2F)CC1. The van der Waals surface area contributed by atoms with E-state index in [-0.39, 0.29) is 17.7 Å². The minimum atomic E-state index is -4.62. The summed E-state index contributed by atoms with van der Waals surface area (Å²) in [5.74, 6) is -1.67. The minimum Gasteiger partial charge on any atom is -0.466 e. The summed E-state index contributed by atoms with van der Waals surface area (Å²) in [4.78, 5) is 16.7. The number of piperidine rings is 1. The Hall–Kier alpha value is -1.86. The summed E-state index contributed by atoms with van der Waals surface area (Å²) >= 11 is 0. The van der Waals surface area contributed by atoms with E-state index in [1.807, 2.05) is 0 Å². The number of nitrogens with zero attached hydrogens (tertiary/aromatic N) is 2. The van der Waals surface area contributed by atoms with Gasteiger partial charge in [-0.1, -0.05) is 0 Å². The molecule has 1 aromatic rings. The Bertz CT molecular complexity index is 540. The second-order valence-corrected chi connectivity index (χ2v) is 5.04. The molecule has 0 saturated carbocycles. The lowest BCUT2D eigenvalue weighted by Crippen LogP contribution is -2.38. The van der Waals surface area contributed by atoms with E-state index >= 15 is 0 Å². The van der Waals surface area contributed by atoms with Gasteiger partial charge >= 0.3 is 12.1 Å². The zero-order valence-electron chi connectivity index (χ0n) is 12.0. The van der Waals surface area contributed by atoms with Gasteiger partial charge in [0.1, 0.15) is 0 Å². The molecule has 2 rings (SSSR count). The highest BCUT2D eigenvalue weighted by atomic mass is 19.4. The van der Waals surface area contributed by atoms with Gasteiger partial charge in [0, 0.05) is 19.3 Å². The highest BCUT2D eigenvalue weighted by Crippen LogP contribution is 2.32. The molecule has 0 spiro atoms. The van der Waals surface area contributed by atoms with Gasteiger partial charge in [-0.3, -0.25) is 4.79 Å². The summed E-state index contributed by atoms with van der Waals surface area (Å²) in [6, 6.07) is 0.444. The van der Waals surface area contributed by atoms with Crippen molar-refractivity contribution in [1.82, 2.24) is 4.98 Å². The van der Waals surface area contributed by atoms with Crippen LogP contribution >= 0.6 is 0 Å². The van der Waals surface area contributed by atoms with E-state index in [1.165, 1.54) is 0 Å². The summed E-state index contributed by atoms with van der Waals surface area (Å²) in [6.45, 7) is 2.71. The van der Waals surface area contributed by atoms with Gasteiger partial charge in [-0.2, -0.15) is 13.2 Å². The smallest absolute Gasteiger partial charge is 0.417 e. The fraction of sp³-hybridized carbons (Fsp3) is 0.571. The topological polar surface area (TPSA) is 42.4 Å². The monoisotopic (exact) mass is 320 g/mol. The molecule has 0 atom stereocenters. The highest BCUT2D eigenvalue weighted by Gasteiger charge is 2.33. The van der Waals surface area contributed by atoms with Crippen LogP contribution in [0, 0.1) is 11.7 Å². The summed E-state index contributed by atoms with van der Waals surface area (Å²) < 4.78 is 56.2. The first kappa shape index (κ1) is 16.5. The molecule has 1 aliphatic rings. The molecular weight excluding hydrogens is 304 g/mol. The Morgan fingerprint density at radius 1 is 1.41 bits per heavy atom. The maximum atomic E-state index is 13.8. The van der Waals surface area contributed by atoms with Crippen LogP contribution < -0.4 is 4.90 Å². The van der Waals surface area contributed by atoms with E-state index in [1.54, 1.807) is 11.8 Å². The van der Waals surface area contributed by atoms with E-state index in [0.29, 0.717) is 44.8 Å². The van der Waals surface area contributed by atoms with Crippen LogP contribution in [0.3, 0.4) is 0 Å².